The molecule has 7 heteroatoms. The zero-order valence-corrected chi connectivity index (χ0v) is 18.1. The summed E-state index contributed by atoms with van der Waals surface area (Å²) in [6, 6.07) is 6.24. The fourth-order valence-electron chi connectivity index (χ4n) is 4.87. The van der Waals surface area contributed by atoms with E-state index in [9.17, 15) is 18.0 Å². The highest BCUT2D eigenvalue weighted by Crippen LogP contribution is 2.29. The van der Waals surface area contributed by atoms with Crippen LogP contribution in [0.15, 0.2) is 24.3 Å². The van der Waals surface area contributed by atoms with Gasteiger partial charge in [0, 0.05) is 45.7 Å². The molecule has 0 saturated carbocycles. The van der Waals surface area contributed by atoms with Gasteiger partial charge in [0.15, 0.2) is 0 Å². The number of rotatable bonds is 6. The number of hydrogen-bond donors (Lipinski definition) is 0. The van der Waals surface area contributed by atoms with Crippen molar-refractivity contribution in [2.45, 2.75) is 51.2 Å². The van der Waals surface area contributed by atoms with Crippen molar-refractivity contribution in [1.82, 2.24) is 14.7 Å². The molecule has 30 heavy (non-hydrogen) atoms. The van der Waals surface area contributed by atoms with Crippen molar-refractivity contribution >= 4 is 5.91 Å². The Morgan fingerprint density at radius 2 is 1.90 bits per heavy atom. The van der Waals surface area contributed by atoms with E-state index in [2.05, 4.69) is 16.8 Å². The van der Waals surface area contributed by atoms with Gasteiger partial charge >= 0.3 is 6.18 Å². The Morgan fingerprint density at radius 3 is 2.57 bits per heavy atom. The topological polar surface area (TPSA) is 26.8 Å². The van der Waals surface area contributed by atoms with Gasteiger partial charge in [-0.3, -0.25) is 4.79 Å². The second-order valence-corrected chi connectivity index (χ2v) is 8.93. The van der Waals surface area contributed by atoms with Gasteiger partial charge in [-0.2, -0.15) is 13.2 Å². The van der Waals surface area contributed by atoms with Crippen LogP contribution in [0, 0.1) is 5.92 Å². The van der Waals surface area contributed by atoms with Crippen LogP contribution >= 0.6 is 0 Å². The summed E-state index contributed by atoms with van der Waals surface area (Å²) in [5.74, 6) is 0.760. The fourth-order valence-corrected chi connectivity index (χ4v) is 4.87. The molecule has 0 unspecified atom stereocenters. The van der Waals surface area contributed by atoms with E-state index in [0.29, 0.717) is 18.4 Å². The van der Waals surface area contributed by atoms with Crippen molar-refractivity contribution in [2.75, 3.05) is 46.3 Å². The summed E-state index contributed by atoms with van der Waals surface area (Å²) in [7, 11) is 2.19. The average Bonchev–Trinajstić information content (AvgIpc) is 2.72. The predicted octanol–water partition coefficient (Wildman–Crippen LogP) is 3.90. The number of benzene rings is 1. The van der Waals surface area contributed by atoms with Crippen LogP contribution in [0.2, 0.25) is 0 Å². The average molecular weight is 426 g/mol. The van der Waals surface area contributed by atoms with Crippen LogP contribution in [-0.4, -0.2) is 73.0 Å². The first-order valence-corrected chi connectivity index (χ1v) is 11.1. The molecule has 1 aromatic carbocycles. The molecule has 2 aliphatic heterocycles. The number of piperidine rings is 2. The Balaban J connectivity index is 1.45. The molecule has 0 spiro atoms. The first kappa shape index (κ1) is 23.1. The number of alkyl halides is 3. The monoisotopic (exact) mass is 425 g/mol. The summed E-state index contributed by atoms with van der Waals surface area (Å²) in [5.41, 5.74) is 0.190. The van der Waals surface area contributed by atoms with Crippen molar-refractivity contribution in [2.24, 2.45) is 5.92 Å². The SMILES string of the molecule is CC(=O)N1CCC(N(C)C[C@H]2CCCN(CCc3cccc(C(F)(F)F)c3)C2)CC1. The second kappa shape index (κ2) is 10.1. The molecule has 1 amide bonds. The highest BCUT2D eigenvalue weighted by molar-refractivity contribution is 5.73. The van der Waals surface area contributed by atoms with Crippen LogP contribution in [-0.2, 0) is 17.4 Å². The first-order valence-electron chi connectivity index (χ1n) is 11.1. The quantitative estimate of drug-likeness (QED) is 0.692. The van der Waals surface area contributed by atoms with E-state index in [1.54, 1.807) is 13.0 Å². The highest BCUT2D eigenvalue weighted by Gasteiger charge is 2.30. The molecule has 0 aliphatic carbocycles. The number of amides is 1. The Bertz CT molecular complexity index is 701. The van der Waals surface area contributed by atoms with Gasteiger partial charge in [-0.1, -0.05) is 18.2 Å². The Morgan fingerprint density at radius 1 is 1.17 bits per heavy atom. The number of nitrogens with zero attached hydrogens (tertiary/aromatic N) is 3. The lowest BCUT2D eigenvalue weighted by Crippen LogP contribution is -2.48. The maximum Gasteiger partial charge on any atom is 0.416 e. The third-order valence-corrected chi connectivity index (χ3v) is 6.65. The second-order valence-electron chi connectivity index (χ2n) is 8.93. The van der Waals surface area contributed by atoms with Crippen molar-refractivity contribution in [3.8, 4) is 0 Å². The third-order valence-electron chi connectivity index (χ3n) is 6.65. The van der Waals surface area contributed by atoms with Crippen LogP contribution < -0.4 is 0 Å². The van der Waals surface area contributed by atoms with Crippen LogP contribution in [0.25, 0.3) is 0 Å². The molecule has 2 heterocycles. The Labute approximate surface area is 178 Å². The Hall–Kier alpha value is -1.60. The van der Waals surface area contributed by atoms with Crippen molar-refractivity contribution in [3.63, 3.8) is 0 Å². The van der Waals surface area contributed by atoms with E-state index in [1.165, 1.54) is 18.6 Å². The molecule has 1 atom stereocenters. The summed E-state index contributed by atoms with van der Waals surface area (Å²) in [6.45, 7) is 7.21. The largest absolute Gasteiger partial charge is 0.416 e. The van der Waals surface area contributed by atoms with Gasteiger partial charge in [0.1, 0.15) is 0 Å². The normalized spacial score (nSPS) is 21.9. The molecule has 0 N–H and O–H groups in total. The van der Waals surface area contributed by atoms with Crippen molar-refractivity contribution < 1.29 is 18.0 Å². The molecule has 4 nitrogen and oxygen atoms in total. The zero-order valence-electron chi connectivity index (χ0n) is 18.1. The van der Waals surface area contributed by atoms with Crippen molar-refractivity contribution in [3.05, 3.63) is 35.4 Å². The van der Waals surface area contributed by atoms with Crippen LogP contribution in [0.4, 0.5) is 13.2 Å². The smallest absolute Gasteiger partial charge is 0.343 e. The van der Waals surface area contributed by atoms with E-state index >= 15 is 0 Å². The summed E-state index contributed by atoms with van der Waals surface area (Å²) in [4.78, 5) is 18.3. The van der Waals surface area contributed by atoms with Crippen molar-refractivity contribution in [1.29, 1.82) is 0 Å². The highest BCUT2D eigenvalue weighted by atomic mass is 19.4. The fraction of sp³-hybridized carbons (Fsp3) is 0.696. The molecule has 0 radical (unpaired) electrons. The Kier molecular flexibility index (Phi) is 7.80. The number of likely N-dealkylation sites (tertiary alicyclic amines) is 2. The maximum absolute atomic E-state index is 12.9. The molecule has 3 rings (SSSR count). The zero-order chi connectivity index (χ0) is 21.7. The van der Waals surface area contributed by atoms with Gasteiger partial charge in [0.2, 0.25) is 5.91 Å². The molecular weight excluding hydrogens is 391 g/mol. The van der Waals surface area contributed by atoms with Gasteiger partial charge in [0.25, 0.3) is 0 Å². The summed E-state index contributed by atoms with van der Waals surface area (Å²) in [6.07, 6.45) is 0.776. The summed E-state index contributed by atoms with van der Waals surface area (Å²) >= 11 is 0. The minimum absolute atomic E-state index is 0.166. The molecule has 2 fully saturated rings. The number of halogens is 3. The van der Waals surface area contributed by atoms with Gasteiger partial charge in [-0.05, 0) is 63.2 Å². The van der Waals surface area contributed by atoms with Crippen LogP contribution in [0.3, 0.4) is 0 Å². The molecule has 1 aromatic rings. The molecule has 0 aromatic heterocycles. The molecule has 2 aliphatic rings. The van der Waals surface area contributed by atoms with Gasteiger partial charge in [0.05, 0.1) is 5.56 Å². The number of hydrogen-bond acceptors (Lipinski definition) is 3. The number of carbonyl (C=O) groups excluding carboxylic acids is 1. The van der Waals surface area contributed by atoms with E-state index in [4.69, 9.17) is 0 Å². The molecule has 0 bridgehead atoms. The standard InChI is InChI=1S/C23H34F3N3O/c1-18(30)29-13-9-22(10-14-29)27(2)16-20-6-4-11-28(17-20)12-8-19-5-3-7-21(15-19)23(24,25)26/h3,5,7,15,20,22H,4,6,8-14,16-17H2,1-2H3/t20-/m1/s1. The van der Waals surface area contributed by atoms with E-state index in [1.807, 2.05) is 4.90 Å². The van der Waals surface area contributed by atoms with E-state index in [0.717, 1.165) is 70.2 Å². The minimum atomic E-state index is -4.28. The van der Waals surface area contributed by atoms with Crippen LogP contribution in [0.5, 0.6) is 0 Å². The number of carbonyl (C=O) groups is 1. The van der Waals surface area contributed by atoms with Gasteiger partial charge in [-0.15, -0.1) is 0 Å². The lowest BCUT2D eigenvalue weighted by Gasteiger charge is -2.40. The lowest BCUT2D eigenvalue weighted by atomic mass is 9.95. The van der Waals surface area contributed by atoms with Gasteiger partial charge in [-0.25, -0.2) is 0 Å². The molecular formula is C23H34F3N3O. The third kappa shape index (κ3) is 6.45. The lowest BCUT2D eigenvalue weighted by molar-refractivity contribution is -0.137. The van der Waals surface area contributed by atoms with E-state index in [-0.39, 0.29) is 5.91 Å². The minimum Gasteiger partial charge on any atom is -0.343 e. The maximum atomic E-state index is 12.9. The molecule has 168 valence electrons. The summed E-state index contributed by atoms with van der Waals surface area (Å²) < 4.78 is 38.7. The predicted molar refractivity (Wildman–Crippen MR) is 112 cm³/mol. The first-order chi connectivity index (χ1) is 14.2. The van der Waals surface area contributed by atoms with Gasteiger partial charge < -0.3 is 14.7 Å². The van der Waals surface area contributed by atoms with Crippen LogP contribution in [0.1, 0.15) is 43.7 Å². The summed E-state index contributed by atoms with van der Waals surface area (Å²) in [5, 5.41) is 0. The van der Waals surface area contributed by atoms with E-state index < -0.39 is 11.7 Å². The molecule has 2 saturated heterocycles.